The van der Waals surface area contributed by atoms with E-state index < -0.39 is 0 Å². The lowest BCUT2D eigenvalue weighted by Gasteiger charge is -2.11. The highest BCUT2D eigenvalue weighted by atomic mass is 15.6. The van der Waals surface area contributed by atoms with Gasteiger partial charge in [-0.1, -0.05) is 103 Å². The van der Waals surface area contributed by atoms with Crippen molar-refractivity contribution in [2.75, 3.05) is 0 Å². The molecule has 0 aliphatic carbocycles. The van der Waals surface area contributed by atoms with Crippen LogP contribution in [0.25, 0.3) is 17.5 Å². The minimum absolute atomic E-state index is 0.124. The van der Waals surface area contributed by atoms with Crippen molar-refractivity contribution in [3.63, 3.8) is 0 Å². The first-order valence-corrected chi connectivity index (χ1v) is 8.53. The molecule has 1 aromatic heterocycles. The molecule has 0 aliphatic heterocycles. The molecule has 1 heterocycles. The molecule has 1 unspecified atom stereocenters. The van der Waals surface area contributed by atoms with Crippen LogP contribution in [-0.2, 0) is 0 Å². The van der Waals surface area contributed by atoms with Gasteiger partial charge in [-0.25, -0.2) is 0 Å². The SMILES string of the molecule is C(=C\C(c1ccccc1)n1nnc(-c2ccccc2)n1)/c1ccccc1. The number of benzene rings is 3. The summed E-state index contributed by atoms with van der Waals surface area (Å²) in [6.45, 7) is 0. The molecule has 0 saturated heterocycles. The van der Waals surface area contributed by atoms with E-state index in [0.29, 0.717) is 5.82 Å². The summed E-state index contributed by atoms with van der Waals surface area (Å²) >= 11 is 0. The summed E-state index contributed by atoms with van der Waals surface area (Å²) in [5, 5.41) is 13.2. The average Bonchev–Trinajstić information content (AvgIpc) is 3.20. The summed E-state index contributed by atoms with van der Waals surface area (Å²) in [6.07, 6.45) is 4.18. The fourth-order valence-corrected chi connectivity index (χ4v) is 2.78. The van der Waals surface area contributed by atoms with Gasteiger partial charge < -0.3 is 0 Å². The van der Waals surface area contributed by atoms with E-state index in [1.54, 1.807) is 4.80 Å². The third-order valence-electron chi connectivity index (χ3n) is 4.12. The van der Waals surface area contributed by atoms with E-state index in [1.807, 2.05) is 66.7 Å². The van der Waals surface area contributed by atoms with Gasteiger partial charge in [0, 0.05) is 5.56 Å². The van der Waals surface area contributed by atoms with Crippen molar-refractivity contribution in [1.29, 1.82) is 0 Å². The van der Waals surface area contributed by atoms with Crippen LogP contribution in [0.5, 0.6) is 0 Å². The second-order valence-electron chi connectivity index (χ2n) is 5.92. The van der Waals surface area contributed by atoms with Gasteiger partial charge >= 0.3 is 0 Å². The number of hydrogen-bond acceptors (Lipinski definition) is 3. The molecule has 4 rings (SSSR count). The molecule has 0 spiro atoms. The number of allylic oxidation sites excluding steroid dienone is 1. The Hall–Kier alpha value is -3.53. The van der Waals surface area contributed by atoms with Gasteiger partial charge in [0.2, 0.25) is 5.82 Å². The van der Waals surface area contributed by atoms with Crippen LogP contribution in [0.3, 0.4) is 0 Å². The second-order valence-corrected chi connectivity index (χ2v) is 5.92. The van der Waals surface area contributed by atoms with E-state index in [9.17, 15) is 0 Å². The zero-order valence-corrected chi connectivity index (χ0v) is 14.2. The first kappa shape index (κ1) is 16.0. The largest absolute Gasteiger partial charge is 0.204 e. The van der Waals surface area contributed by atoms with Gasteiger partial charge in [0.25, 0.3) is 0 Å². The van der Waals surface area contributed by atoms with E-state index in [0.717, 1.165) is 16.7 Å². The van der Waals surface area contributed by atoms with Gasteiger partial charge in [0.05, 0.1) is 0 Å². The maximum absolute atomic E-state index is 4.61. The maximum Gasteiger partial charge on any atom is 0.204 e. The third-order valence-corrected chi connectivity index (χ3v) is 4.12. The molecule has 4 nitrogen and oxygen atoms in total. The molecule has 4 heteroatoms. The molecular formula is C22H18N4. The van der Waals surface area contributed by atoms with Crippen molar-refractivity contribution in [2.24, 2.45) is 0 Å². The molecule has 126 valence electrons. The van der Waals surface area contributed by atoms with Crippen LogP contribution >= 0.6 is 0 Å². The molecule has 0 bridgehead atoms. The van der Waals surface area contributed by atoms with Crippen LogP contribution in [0.2, 0.25) is 0 Å². The van der Waals surface area contributed by atoms with Gasteiger partial charge in [-0.05, 0) is 16.3 Å². The van der Waals surface area contributed by atoms with Crippen molar-refractivity contribution in [1.82, 2.24) is 20.2 Å². The number of aromatic nitrogens is 4. The molecule has 0 saturated carbocycles. The maximum atomic E-state index is 4.61. The lowest BCUT2D eigenvalue weighted by Crippen LogP contribution is -2.11. The average molecular weight is 338 g/mol. The van der Waals surface area contributed by atoms with E-state index >= 15 is 0 Å². The molecular weight excluding hydrogens is 320 g/mol. The normalized spacial score (nSPS) is 12.3. The van der Waals surface area contributed by atoms with Crippen LogP contribution in [-0.4, -0.2) is 20.2 Å². The number of hydrogen-bond donors (Lipinski definition) is 0. The van der Waals surface area contributed by atoms with E-state index in [-0.39, 0.29) is 6.04 Å². The highest BCUT2D eigenvalue weighted by molar-refractivity contribution is 5.53. The van der Waals surface area contributed by atoms with Gasteiger partial charge in [0.15, 0.2) is 0 Å². The summed E-state index contributed by atoms with van der Waals surface area (Å²) in [6, 6.07) is 30.2. The minimum Gasteiger partial charge on any atom is -0.152 e. The Morgan fingerprint density at radius 3 is 2.04 bits per heavy atom. The number of rotatable bonds is 5. The molecule has 0 aliphatic rings. The summed E-state index contributed by atoms with van der Waals surface area (Å²) < 4.78 is 0. The summed E-state index contributed by atoms with van der Waals surface area (Å²) in [7, 11) is 0. The first-order chi connectivity index (χ1) is 12.9. The highest BCUT2D eigenvalue weighted by Crippen LogP contribution is 2.21. The van der Waals surface area contributed by atoms with E-state index in [4.69, 9.17) is 0 Å². The van der Waals surface area contributed by atoms with Crippen molar-refractivity contribution >= 4 is 6.08 Å². The summed E-state index contributed by atoms with van der Waals surface area (Å²) in [5.41, 5.74) is 3.20. The zero-order valence-electron chi connectivity index (χ0n) is 14.2. The minimum atomic E-state index is -0.124. The fraction of sp³-hybridized carbons (Fsp3) is 0.0455. The molecule has 26 heavy (non-hydrogen) atoms. The Kier molecular flexibility index (Phi) is 4.65. The second kappa shape index (κ2) is 7.57. The van der Waals surface area contributed by atoms with E-state index in [2.05, 4.69) is 51.8 Å². The number of tetrazole rings is 1. The third kappa shape index (κ3) is 3.59. The van der Waals surface area contributed by atoms with Crippen LogP contribution in [0.1, 0.15) is 17.2 Å². The summed E-state index contributed by atoms with van der Waals surface area (Å²) in [4.78, 5) is 1.66. The zero-order chi connectivity index (χ0) is 17.6. The molecule has 0 N–H and O–H groups in total. The quantitative estimate of drug-likeness (QED) is 0.532. The molecule has 4 aromatic rings. The fourth-order valence-electron chi connectivity index (χ4n) is 2.78. The van der Waals surface area contributed by atoms with Gasteiger partial charge in [0.1, 0.15) is 6.04 Å². The standard InChI is InChI=1S/C22H18N4/c1-4-10-18(11-5-1)16-17-21(19-12-6-2-7-13-19)26-24-22(23-25-26)20-14-8-3-9-15-20/h1-17,21H/b17-16+. The van der Waals surface area contributed by atoms with Crippen molar-refractivity contribution in [3.8, 4) is 11.4 Å². The van der Waals surface area contributed by atoms with Crippen molar-refractivity contribution in [2.45, 2.75) is 6.04 Å². The topological polar surface area (TPSA) is 43.6 Å². The Balaban J connectivity index is 1.70. The Labute approximate surface area is 152 Å². The highest BCUT2D eigenvalue weighted by Gasteiger charge is 2.15. The van der Waals surface area contributed by atoms with Crippen LogP contribution in [0.4, 0.5) is 0 Å². The lowest BCUT2D eigenvalue weighted by molar-refractivity contribution is 0.517. The number of nitrogens with zero attached hydrogens (tertiary/aromatic N) is 4. The van der Waals surface area contributed by atoms with Crippen molar-refractivity contribution in [3.05, 3.63) is 108 Å². The molecule has 0 amide bonds. The first-order valence-electron chi connectivity index (χ1n) is 8.53. The molecule has 0 fully saturated rings. The smallest absolute Gasteiger partial charge is 0.152 e. The van der Waals surface area contributed by atoms with Gasteiger partial charge in [-0.3, -0.25) is 0 Å². The Morgan fingerprint density at radius 1 is 0.731 bits per heavy atom. The lowest BCUT2D eigenvalue weighted by atomic mass is 10.1. The van der Waals surface area contributed by atoms with Crippen LogP contribution < -0.4 is 0 Å². The summed E-state index contributed by atoms with van der Waals surface area (Å²) in [5.74, 6) is 0.625. The Morgan fingerprint density at radius 2 is 1.35 bits per heavy atom. The van der Waals surface area contributed by atoms with E-state index in [1.165, 1.54) is 0 Å². The molecule has 1 atom stereocenters. The van der Waals surface area contributed by atoms with Crippen LogP contribution in [0.15, 0.2) is 97.1 Å². The van der Waals surface area contributed by atoms with Gasteiger partial charge in [-0.15, -0.1) is 10.2 Å². The predicted molar refractivity (Wildman–Crippen MR) is 103 cm³/mol. The Bertz CT molecular complexity index is 976. The molecule has 0 radical (unpaired) electrons. The molecule has 3 aromatic carbocycles. The predicted octanol–water partition coefficient (Wildman–Crippen LogP) is 4.64. The van der Waals surface area contributed by atoms with Gasteiger partial charge in [-0.2, -0.15) is 4.80 Å². The van der Waals surface area contributed by atoms with Crippen molar-refractivity contribution < 1.29 is 0 Å². The monoisotopic (exact) mass is 338 g/mol. The van der Waals surface area contributed by atoms with Crippen LogP contribution in [0, 0.1) is 0 Å².